The van der Waals surface area contributed by atoms with E-state index in [9.17, 15) is 10.2 Å². The monoisotopic (exact) mass is 243 g/mol. The van der Waals surface area contributed by atoms with Crippen molar-refractivity contribution in [3.63, 3.8) is 0 Å². The smallest absolute Gasteiger partial charge is 0.103 e. The second kappa shape index (κ2) is 6.72. The first kappa shape index (κ1) is 14.9. The molecule has 0 aliphatic heterocycles. The summed E-state index contributed by atoms with van der Waals surface area (Å²) in [6.45, 7) is 3.69. The first-order chi connectivity index (χ1) is 7.98. The number of hydrogen-bond donors (Lipinski definition) is 3. The Labute approximate surface area is 105 Å². The van der Waals surface area contributed by atoms with Gasteiger partial charge in [-0.25, -0.2) is 0 Å². The lowest BCUT2D eigenvalue weighted by molar-refractivity contribution is -0.0855. The van der Waals surface area contributed by atoms with Crippen molar-refractivity contribution < 1.29 is 10.2 Å². The third-order valence-electron chi connectivity index (χ3n) is 4.30. The molecule has 1 aliphatic rings. The van der Waals surface area contributed by atoms with Crippen LogP contribution < -0.4 is 5.73 Å². The van der Waals surface area contributed by atoms with E-state index in [1.165, 1.54) is 32.1 Å². The van der Waals surface area contributed by atoms with Gasteiger partial charge >= 0.3 is 0 Å². The summed E-state index contributed by atoms with van der Waals surface area (Å²) >= 11 is 0. The highest BCUT2D eigenvalue weighted by Gasteiger charge is 2.37. The van der Waals surface area contributed by atoms with Crippen LogP contribution in [-0.2, 0) is 0 Å². The van der Waals surface area contributed by atoms with Gasteiger partial charge in [-0.1, -0.05) is 45.4 Å². The Morgan fingerprint density at radius 3 is 2.41 bits per heavy atom. The molecule has 1 rings (SSSR count). The summed E-state index contributed by atoms with van der Waals surface area (Å²) in [6, 6.07) is -0.313. The summed E-state index contributed by atoms with van der Waals surface area (Å²) in [4.78, 5) is 0. The highest BCUT2D eigenvalue weighted by atomic mass is 16.3. The predicted molar refractivity (Wildman–Crippen MR) is 70.7 cm³/mol. The summed E-state index contributed by atoms with van der Waals surface area (Å²) in [6.07, 6.45) is 7.99. The molecule has 0 radical (unpaired) electrons. The van der Waals surface area contributed by atoms with Crippen LogP contribution in [-0.4, -0.2) is 28.0 Å². The van der Waals surface area contributed by atoms with Crippen LogP contribution in [0.4, 0.5) is 0 Å². The van der Waals surface area contributed by atoms with Crippen molar-refractivity contribution in [1.82, 2.24) is 0 Å². The summed E-state index contributed by atoms with van der Waals surface area (Å²) in [5, 5.41) is 20.3. The number of aliphatic hydroxyl groups is 2. The average Bonchev–Trinajstić information content (AvgIpc) is 2.30. The summed E-state index contributed by atoms with van der Waals surface area (Å²) in [5.74, 6) is 0.638. The third-order valence-corrected chi connectivity index (χ3v) is 4.30. The Morgan fingerprint density at radius 1 is 1.29 bits per heavy atom. The van der Waals surface area contributed by atoms with Crippen LogP contribution in [0.3, 0.4) is 0 Å². The van der Waals surface area contributed by atoms with Crippen molar-refractivity contribution in [2.75, 3.05) is 0 Å². The normalized spacial score (nSPS) is 25.2. The fourth-order valence-electron chi connectivity index (χ4n) is 2.83. The molecule has 3 atom stereocenters. The van der Waals surface area contributed by atoms with Gasteiger partial charge in [-0.2, -0.15) is 0 Å². The average molecular weight is 243 g/mol. The van der Waals surface area contributed by atoms with Crippen molar-refractivity contribution in [1.29, 1.82) is 0 Å². The number of nitrogens with two attached hydrogens (primary N) is 1. The maximum atomic E-state index is 10.3. The van der Waals surface area contributed by atoms with Gasteiger partial charge in [-0.15, -0.1) is 0 Å². The molecule has 0 aromatic heterocycles. The van der Waals surface area contributed by atoms with Gasteiger partial charge in [-0.05, 0) is 25.7 Å². The van der Waals surface area contributed by atoms with Crippen LogP contribution in [0.25, 0.3) is 0 Å². The third kappa shape index (κ3) is 4.23. The van der Waals surface area contributed by atoms with Crippen LogP contribution in [0.5, 0.6) is 0 Å². The van der Waals surface area contributed by atoms with E-state index in [0.29, 0.717) is 12.3 Å². The second-order valence-electron chi connectivity index (χ2n) is 5.88. The van der Waals surface area contributed by atoms with Gasteiger partial charge < -0.3 is 15.9 Å². The van der Waals surface area contributed by atoms with Gasteiger partial charge in [0.2, 0.25) is 0 Å². The zero-order valence-corrected chi connectivity index (χ0v) is 11.4. The van der Waals surface area contributed by atoms with Crippen LogP contribution in [0.1, 0.15) is 65.2 Å². The van der Waals surface area contributed by atoms with E-state index in [-0.39, 0.29) is 6.04 Å². The minimum Gasteiger partial charge on any atom is -0.390 e. The molecular weight excluding hydrogens is 214 g/mol. The van der Waals surface area contributed by atoms with Gasteiger partial charge in [0.15, 0.2) is 0 Å². The molecule has 0 aromatic carbocycles. The molecule has 0 saturated heterocycles. The maximum Gasteiger partial charge on any atom is 0.103 e. The Kier molecular flexibility index (Phi) is 5.90. The van der Waals surface area contributed by atoms with Crippen molar-refractivity contribution in [2.45, 2.75) is 83.0 Å². The minimum absolute atomic E-state index is 0.313. The van der Waals surface area contributed by atoms with E-state index in [2.05, 4.69) is 0 Å². The number of rotatable bonds is 6. The van der Waals surface area contributed by atoms with Crippen molar-refractivity contribution in [3.05, 3.63) is 0 Å². The minimum atomic E-state index is -1.15. The fraction of sp³-hybridized carbons (Fsp3) is 1.00. The van der Waals surface area contributed by atoms with Crippen LogP contribution in [0.15, 0.2) is 0 Å². The lowest BCUT2D eigenvalue weighted by atomic mass is 9.78. The van der Waals surface area contributed by atoms with E-state index >= 15 is 0 Å². The first-order valence-corrected chi connectivity index (χ1v) is 7.14. The standard InChI is InChI=1S/C14H29NO2/c1-3-7-13(16)14(2,17)12(15)10-11-8-5-4-6-9-11/h11-13,16-17H,3-10,15H2,1-2H3/t12-,13-,14+/m0/s1. The van der Waals surface area contributed by atoms with E-state index in [1.54, 1.807) is 6.92 Å². The zero-order valence-electron chi connectivity index (χ0n) is 11.4. The van der Waals surface area contributed by atoms with Crippen molar-refractivity contribution in [2.24, 2.45) is 11.7 Å². The van der Waals surface area contributed by atoms with Crippen molar-refractivity contribution in [3.8, 4) is 0 Å². The zero-order chi connectivity index (χ0) is 12.9. The molecule has 17 heavy (non-hydrogen) atoms. The van der Waals surface area contributed by atoms with Crippen LogP contribution in [0, 0.1) is 5.92 Å². The van der Waals surface area contributed by atoms with Gasteiger partial charge in [0.25, 0.3) is 0 Å². The SMILES string of the molecule is CCC[C@H](O)[C@](C)(O)[C@@H](N)CC1CCCCC1. The summed E-state index contributed by atoms with van der Waals surface area (Å²) in [7, 11) is 0. The highest BCUT2D eigenvalue weighted by Crippen LogP contribution is 2.30. The molecule has 4 N–H and O–H groups in total. The van der Waals surface area contributed by atoms with Gasteiger partial charge in [0.1, 0.15) is 5.60 Å². The molecule has 0 heterocycles. The molecule has 3 nitrogen and oxygen atoms in total. The molecule has 1 fully saturated rings. The quantitative estimate of drug-likeness (QED) is 0.670. The molecule has 0 amide bonds. The molecule has 102 valence electrons. The largest absolute Gasteiger partial charge is 0.390 e. The predicted octanol–water partition coefficient (Wildman–Crippen LogP) is 2.20. The van der Waals surface area contributed by atoms with Crippen LogP contribution in [0.2, 0.25) is 0 Å². The topological polar surface area (TPSA) is 66.5 Å². The lowest BCUT2D eigenvalue weighted by Gasteiger charge is -2.37. The van der Waals surface area contributed by atoms with Gasteiger partial charge in [0.05, 0.1) is 6.10 Å². The number of hydrogen-bond acceptors (Lipinski definition) is 3. The Bertz CT molecular complexity index is 212. The molecular formula is C14H29NO2. The lowest BCUT2D eigenvalue weighted by Crippen LogP contribution is -2.54. The molecule has 0 unspecified atom stereocenters. The van der Waals surface area contributed by atoms with E-state index in [4.69, 9.17) is 5.73 Å². The Morgan fingerprint density at radius 2 is 1.88 bits per heavy atom. The van der Waals surface area contributed by atoms with Crippen LogP contribution >= 0.6 is 0 Å². The van der Waals surface area contributed by atoms with Crippen molar-refractivity contribution >= 4 is 0 Å². The van der Waals surface area contributed by atoms with E-state index in [1.807, 2.05) is 6.92 Å². The molecule has 0 bridgehead atoms. The van der Waals surface area contributed by atoms with E-state index < -0.39 is 11.7 Å². The molecule has 1 saturated carbocycles. The highest BCUT2D eigenvalue weighted by molar-refractivity contribution is 4.92. The van der Waals surface area contributed by atoms with Gasteiger partial charge in [0, 0.05) is 6.04 Å². The molecule has 1 aliphatic carbocycles. The van der Waals surface area contributed by atoms with E-state index in [0.717, 1.165) is 12.8 Å². The fourth-order valence-corrected chi connectivity index (χ4v) is 2.83. The molecule has 3 heteroatoms. The van der Waals surface area contributed by atoms with Gasteiger partial charge in [-0.3, -0.25) is 0 Å². The number of aliphatic hydroxyl groups excluding tert-OH is 1. The molecule has 0 aromatic rings. The summed E-state index contributed by atoms with van der Waals surface area (Å²) in [5.41, 5.74) is 4.96. The first-order valence-electron chi connectivity index (χ1n) is 7.14. The summed E-state index contributed by atoms with van der Waals surface area (Å²) < 4.78 is 0. The second-order valence-corrected chi connectivity index (χ2v) is 5.88. The Balaban J connectivity index is 2.45. The maximum absolute atomic E-state index is 10.3. The Hall–Kier alpha value is -0.120. The molecule has 0 spiro atoms.